The predicted octanol–water partition coefficient (Wildman–Crippen LogP) is 3.84. The fraction of sp³-hybridized carbons (Fsp3) is 0.143. The van der Waals surface area contributed by atoms with Crippen molar-refractivity contribution in [3.05, 3.63) is 57.2 Å². The Labute approximate surface area is 141 Å². The lowest BCUT2D eigenvalue weighted by Crippen LogP contribution is -2.09. The maximum atomic E-state index is 11.4. The molecule has 0 aliphatic carbocycles. The normalized spacial score (nSPS) is 11.6. The van der Waals surface area contributed by atoms with Gasteiger partial charge in [-0.1, -0.05) is 17.7 Å². The average Bonchev–Trinajstić information content (AvgIpc) is 2.54. The summed E-state index contributed by atoms with van der Waals surface area (Å²) >= 11 is 12.1. The number of esters is 1. The number of benzene rings is 1. The standard InChI is InChI=1S/C14H11Cl2N3O4/c1-23-14(20)12(16)9-5-4-8(7-10(9)15)18-13-11(19(21)22)3-2-6-17-13/h2-7,12H,1H3,(H,17,18). The maximum absolute atomic E-state index is 11.4. The van der Waals surface area contributed by atoms with Crippen molar-refractivity contribution in [3.8, 4) is 0 Å². The van der Waals surface area contributed by atoms with Crippen molar-refractivity contribution >= 4 is 46.4 Å². The van der Waals surface area contributed by atoms with E-state index >= 15 is 0 Å². The van der Waals surface area contributed by atoms with Gasteiger partial charge in [-0.25, -0.2) is 4.98 Å². The van der Waals surface area contributed by atoms with Crippen LogP contribution in [0, 0.1) is 10.1 Å². The molecule has 2 aromatic rings. The quantitative estimate of drug-likeness (QED) is 0.379. The molecule has 0 saturated heterocycles. The summed E-state index contributed by atoms with van der Waals surface area (Å²) < 4.78 is 4.56. The molecule has 0 amide bonds. The number of hydrogen-bond acceptors (Lipinski definition) is 6. The highest BCUT2D eigenvalue weighted by Crippen LogP contribution is 2.32. The average molecular weight is 356 g/mol. The zero-order valence-electron chi connectivity index (χ0n) is 11.8. The Morgan fingerprint density at radius 2 is 2.17 bits per heavy atom. The number of halogens is 2. The summed E-state index contributed by atoms with van der Waals surface area (Å²) in [5.74, 6) is -0.550. The maximum Gasteiger partial charge on any atom is 0.328 e. The molecule has 1 N–H and O–H groups in total. The second-order valence-electron chi connectivity index (χ2n) is 4.38. The molecule has 23 heavy (non-hydrogen) atoms. The number of nitro groups is 1. The van der Waals surface area contributed by atoms with Gasteiger partial charge in [0.25, 0.3) is 0 Å². The number of nitrogens with one attached hydrogen (secondary N) is 1. The van der Waals surface area contributed by atoms with Crippen molar-refractivity contribution in [2.45, 2.75) is 5.38 Å². The van der Waals surface area contributed by atoms with Gasteiger partial charge in [0.15, 0.2) is 5.38 Å². The van der Waals surface area contributed by atoms with E-state index in [0.29, 0.717) is 11.3 Å². The summed E-state index contributed by atoms with van der Waals surface area (Å²) in [4.78, 5) is 25.8. The number of pyridine rings is 1. The lowest BCUT2D eigenvalue weighted by Gasteiger charge is -2.12. The van der Waals surface area contributed by atoms with Crippen molar-refractivity contribution < 1.29 is 14.5 Å². The van der Waals surface area contributed by atoms with E-state index in [9.17, 15) is 14.9 Å². The first-order valence-electron chi connectivity index (χ1n) is 6.31. The minimum absolute atomic E-state index is 0.0803. The lowest BCUT2D eigenvalue weighted by atomic mass is 10.1. The summed E-state index contributed by atoms with van der Waals surface area (Å²) in [6, 6.07) is 7.41. The number of nitrogens with zero attached hydrogens (tertiary/aromatic N) is 2. The molecular formula is C14H11Cl2N3O4. The van der Waals surface area contributed by atoms with Crippen LogP contribution >= 0.6 is 23.2 Å². The number of ether oxygens (including phenoxy) is 1. The van der Waals surface area contributed by atoms with Crippen LogP contribution in [-0.4, -0.2) is 23.0 Å². The summed E-state index contributed by atoms with van der Waals surface area (Å²) in [5, 5.41) is 13.0. The van der Waals surface area contributed by atoms with Crippen molar-refractivity contribution in [3.63, 3.8) is 0 Å². The second-order valence-corrected chi connectivity index (χ2v) is 5.22. The van der Waals surface area contributed by atoms with Crippen LogP contribution in [0.2, 0.25) is 5.02 Å². The van der Waals surface area contributed by atoms with Gasteiger partial charge in [0, 0.05) is 23.0 Å². The molecule has 2 rings (SSSR count). The number of methoxy groups -OCH3 is 1. The topological polar surface area (TPSA) is 94.4 Å². The van der Waals surface area contributed by atoms with Crippen molar-refractivity contribution in [1.82, 2.24) is 4.98 Å². The highest BCUT2D eigenvalue weighted by molar-refractivity contribution is 6.35. The lowest BCUT2D eigenvalue weighted by molar-refractivity contribution is -0.384. The van der Waals surface area contributed by atoms with E-state index in [0.717, 1.165) is 0 Å². The molecule has 0 spiro atoms. The molecule has 0 bridgehead atoms. The molecule has 120 valence electrons. The van der Waals surface area contributed by atoms with E-state index < -0.39 is 16.3 Å². The number of carbonyl (C=O) groups is 1. The van der Waals surface area contributed by atoms with E-state index in [2.05, 4.69) is 15.0 Å². The molecule has 0 aliphatic heterocycles. The first-order chi connectivity index (χ1) is 10.9. The van der Waals surface area contributed by atoms with Gasteiger partial charge in [0.1, 0.15) is 0 Å². The highest BCUT2D eigenvalue weighted by Gasteiger charge is 2.21. The molecule has 1 unspecified atom stereocenters. The number of hydrogen-bond donors (Lipinski definition) is 1. The number of alkyl halides is 1. The Morgan fingerprint density at radius 3 is 2.78 bits per heavy atom. The molecule has 1 heterocycles. The Kier molecular flexibility index (Phi) is 5.36. The van der Waals surface area contributed by atoms with Gasteiger partial charge in [0.2, 0.25) is 5.82 Å². The van der Waals surface area contributed by atoms with E-state index in [1.807, 2.05) is 0 Å². The van der Waals surface area contributed by atoms with Crippen molar-refractivity contribution in [1.29, 1.82) is 0 Å². The number of anilines is 2. The van der Waals surface area contributed by atoms with Gasteiger partial charge in [-0.2, -0.15) is 0 Å². The molecule has 0 radical (unpaired) electrons. The molecule has 1 aromatic heterocycles. The number of rotatable bonds is 5. The van der Waals surface area contributed by atoms with Crippen LogP contribution in [0.15, 0.2) is 36.5 Å². The molecule has 1 atom stereocenters. The molecule has 0 fully saturated rings. The van der Waals surface area contributed by atoms with Crippen LogP contribution in [0.1, 0.15) is 10.9 Å². The van der Waals surface area contributed by atoms with Crippen LogP contribution in [0.25, 0.3) is 0 Å². The minimum atomic E-state index is -1.04. The van der Waals surface area contributed by atoms with Crippen LogP contribution in [0.3, 0.4) is 0 Å². The SMILES string of the molecule is COC(=O)C(Cl)c1ccc(Nc2ncccc2[N+](=O)[O-])cc1Cl. The van der Waals surface area contributed by atoms with Crippen LogP contribution < -0.4 is 5.32 Å². The molecular weight excluding hydrogens is 345 g/mol. The fourth-order valence-corrected chi connectivity index (χ4v) is 2.44. The van der Waals surface area contributed by atoms with Crippen LogP contribution in [0.4, 0.5) is 17.2 Å². The van der Waals surface area contributed by atoms with Gasteiger partial charge in [-0.05, 0) is 23.8 Å². The van der Waals surface area contributed by atoms with Gasteiger partial charge in [0.05, 0.1) is 12.0 Å². The van der Waals surface area contributed by atoms with E-state index in [1.165, 1.54) is 37.6 Å². The first-order valence-corrected chi connectivity index (χ1v) is 7.13. The fourth-order valence-electron chi connectivity index (χ4n) is 1.82. The summed E-state index contributed by atoms with van der Waals surface area (Å²) in [5.41, 5.74) is 0.674. The Balaban J connectivity index is 2.28. The van der Waals surface area contributed by atoms with Gasteiger partial charge >= 0.3 is 11.7 Å². The van der Waals surface area contributed by atoms with E-state index in [1.54, 1.807) is 6.07 Å². The molecule has 1 aromatic carbocycles. The first kappa shape index (κ1) is 17.0. The third kappa shape index (κ3) is 3.88. The highest BCUT2D eigenvalue weighted by atomic mass is 35.5. The van der Waals surface area contributed by atoms with Gasteiger partial charge < -0.3 is 10.1 Å². The monoisotopic (exact) mass is 355 g/mol. The Bertz CT molecular complexity index is 755. The number of carbonyl (C=O) groups excluding carboxylic acids is 1. The van der Waals surface area contributed by atoms with Crippen molar-refractivity contribution in [2.75, 3.05) is 12.4 Å². The molecule has 0 saturated carbocycles. The van der Waals surface area contributed by atoms with Crippen LogP contribution in [0.5, 0.6) is 0 Å². The Hall–Kier alpha value is -2.38. The number of aromatic nitrogens is 1. The predicted molar refractivity (Wildman–Crippen MR) is 86.2 cm³/mol. The molecule has 7 nitrogen and oxygen atoms in total. The van der Waals surface area contributed by atoms with Gasteiger partial charge in [-0.15, -0.1) is 11.6 Å². The zero-order chi connectivity index (χ0) is 17.0. The molecule has 9 heteroatoms. The second kappa shape index (κ2) is 7.26. The van der Waals surface area contributed by atoms with E-state index in [-0.39, 0.29) is 16.5 Å². The van der Waals surface area contributed by atoms with E-state index in [4.69, 9.17) is 23.2 Å². The molecule has 0 aliphatic rings. The van der Waals surface area contributed by atoms with Gasteiger partial charge in [-0.3, -0.25) is 14.9 Å². The minimum Gasteiger partial charge on any atom is -0.468 e. The van der Waals surface area contributed by atoms with Crippen LogP contribution in [-0.2, 0) is 9.53 Å². The summed E-state index contributed by atoms with van der Waals surface area (Å²) in [6.45, 7) is 0. The third-order valence-corrected chi connectivity index (χ3v) is 3.67. The Morgan fingerprint density at radius 1 is 1.43 bits per heavy atom. The summed E-state index contributed by atoms with van der Waals surface area (Å²) in [6.07, 6.45) is 1.43. The van der Waals surface area contributed by atoms with Crippen molar-refractivity contribution in [2.24, 2.45) is 0 Å². The zero-order valence-corrected chi connectivity index (χ0v) is 13.3. The third-order valence-electron chi connectivity index (χ3n) is 2.93. The summed E-state index contributed by atoms with van der Waals surface area (Å²) in [7, 11) is 1.22. The largest absolute Gasteiger partial charge is 0.468 e. The smallest absolute Gasteiger partial charge is 0.328 e.